The van der Waals surface area contributed by atoms with Crippen molar-refractivity contribution in [1.29, 1.82) is 0 Å². The summed E-state index contributed by atoms with van der Waals surface area (Å²) in [7, 11) is 0. The number of benzene rings is 2. The molecule has 0 saturated heterocycles. The lowest BCUT2D eigenvalue weighted by Gasteiger charge is -2.29. The number of rotatable bonds is 7. The minimum absolute atomic E-state index is 0.0264. The topological polar surface area (TPSA) is 94.3 Å². The van der Waals surface area contributed by atoms with E-state index in [0.717, 1.165) is 37.7 Å². The molecule has 2 saturated carbocycles. The number of nitrogens with one attached hydrogen (secondary N) is 1. The summed E-state index contributed by atoms with van der Waals surface area (Å²) >= 11 is 0. The van der Waals surface area contributed by atoms with Gasteiger partial charge in [-0.1, -0.05) is 47.6 Å². The first-order valence-electron chi connectivity index (χ1n) is 13.3. The lowest BCUT2D eigenvalue weighted by atomic mass is 9.76. The van der Waals surface area contributed by atoms with Crippen LogP contribution in [-0.4, -0.2) is 27.6 Å². The van der Waals surface area contributed by atoms with Gasteiger partial charge in [0.15, 0.2) is 5.82 Å². The average Bonchev–Trinajstić information content (AvgIpc) is 3.58. The Hall–Kier alpha value is -3.48. The Morgan fingerprint density at radius 1 is 1.00 bits per heavy atom. The van der Waals surface area contributed by atoms with Crippen LogP contribution in [0, 0.1) is 17.8 Å². The summed E-state index contributed by atoms with van der Waals surface area (Å²) in [4.78, 5) is 29.3. The van der Waals surface area contributed by atoms with E-state index < -0.39 is 5.60 Å². The highest BCUT2D eigenvalue weighted by Crippen LogP contribution is 2.52. The molecule has 0 radical (unpaired) electrons. The number of esters is 1. The fourth-order valence-electron chi connectivity index (χ4n) is 5.50. The highest BCUT2D eigenvalue weighted by atomic mass is 16.6. The van der Waals surface area contributed by atoms with E-state index in [1.54, 1.807) is 0 Å². The highest BCUT2D eigenvalue weighted by molar-refractivity contribution is 6.03. The summed E-state index contributed by atoms with van der Waals surface area (Å²) in [6, 6.07) is 17.8. The second-order valence-corrected chi connectivity index (χ2v) is 11.4. The SMILES string of the molecule is CC(C)(C)OC(=O)[C@@H]1C[C@H]1C1CCC(c2ccc(C(=O)Nc3nc(Cc4ccccc4)no3)cc2)CC1. The third kappa shape index (κ3) is 6.45. The summed E-state index contributed by atoms with van der Waals surface area (Å²) in [5.41, 5.74) is 2.48. The Kier molecular flexibility index (Phi) is 7.13. The van der Waals surface area contributed by atoms with Gasteiger partial charge in [-0.3, -0.25) is 14.9 Å². The largest absolute Gasteiger partial charge is 0.460 e. The van der Waals surface area contributed by atoms with Crippen LogP contribution in [0.4, 0.5) is 6.01 Å². The van der Waals surface area contributed by atoms with Crippen molar-refractivity contribution in [3.05, 3.63) is 77.1 Å². The molecule has 2 atom stereocenters. The smallest absolute Gasteiger partial charge is 0.328 e. The maximum atomic E-state index is 12.7. The van der Waals surface area contributed by atoms with Crippen molar-refractivity contribution >= 4 is 17.9 Å². The number of carbonyl (C=O) groups is 2. The van der Waals surface area contributed by atoms with Crippen molar-refractivity contribution in [3.63, 3.8) is 0 Å². The quantitative estimate of drug-likeness (QED) is 0.389. The molecular formula is C30H35N3O4. The number of aromatic nitrogens is 2. The normalized spacial score (nSPS) is 23.3. The Bertz CT molecular complexity index is 1220. The molecule has 7 heteroatoms. The van der Waals surface area contributed by atoms with Crippen LogP contribution in [0.3, 0.4) is 0 Å². The number of nitrogens with zero attached hydrogens (tertiary/aromatic N) is 2. The van der Waals surface area contributed by atoms with Crippen LogP contribution >= 0.6 is 0 Å². The Morgan fingerprint density at radius 3 is 2.38 bits per heavy atom. The first-order valence-corrected chi connectivity index (χ1v) is 13.3. The van der Waals surface area contributed by atoms with E-state index in [2.05, 4.69) is 27.6 Å². The molecule has 1 amide bonds. The Balaban J connectivity index is 1.09. The zero-order valence-corrected chi connectivity index (χ0v) is 21.8. The number of hydrogen-bond donors (Lipinski definition) is 1. The van der Waals surface area contributed by atoms with Gasteiger partial charge >= 0.3 is 12.0 Å². The lowest BCUT2D eigenvalue weighted by Crippen LogP contribution is -2.26. The predicted octanol–water partition coefficient (Wildman–Crippen LogP) is 6.16. The maximum Gasteiger partial charge on any atom is 0.328 e. The standard InChI is InChI=1S/C30H35N3O4/c1-30(2,3)36-28(35)25-18-24(25)22-13-9-20(10-14-22)21-11-15-23(16-12-21)27(34)32-29-31-26(33-37-29)17-19-7-5-4-6-8-19/h4-8,11-12,15-16,20,22,24-25H,9-10,13-14,17-18H2,1-3H3,(H,31,32,33,34)/t20?,22?,24-,25+/m0/s1. The third-order valence-electron chi connectivity index (χ3n) is 7.46. The number of carbonyl (C=O) groups excluding carboxylic acids is 2. The molecule has 0 spiro atoms. The fourth-order valence-corrected chi connectivity index (χ4v) is 5.50. The molecule has 37 heavy (non-hydrogen) atoms. The highest BCUT2D eigenvalue weighted by Gasteiger charge is 2.49. The Morgan fingerprint density at radius 2 is 1.70 bits per heavy atom. The van der Waals surface area contributed by atoms with E-state index in [4.69, 9.17) is 9.26 Å². The molecule has 0 bridgehead atoms. The van der Waals surface area contributed by atoms with Crippen molar-refractivity contribution in [3.8, 4) is 0 Å². The molecule has 0 aliphatic heterocycles. The molecule has 2 aliphatic rings. The first kappa shape index (κ1) is 25.2. The monoisotopic (exact) mass is 501 g/mol. The minimum Gasteiger partial charge on any atom is -0.460 e. The molecule has 1 heterocycles. The molecule has 2 fully saturated rings. The van der Waals surface area contributed by atoms with Gasteiger partial charge in [0.05, 0.1) is 5.92 Å². The Labute approximate surface area is 218 Å². The van der Waals surface area contributed by atoms with Crippen molar-refractivity contribution in [2.75, 3.05) is 5.32 Å². The van der Waals surface area contributed by atoms with Gasteiger partial charge in [-0.05, 0) is 93.9 Å². The zero-order valence-electron chi connectivity index (χ0n) is 21.8. The van der Waals surface area contributed by atoms with Gasteiger partial charge < -0.3 is 9.26 Å². The van der Waals surface area contributed by atoms with Gasteiger partial charge in [0.25, 0.3) is 5.91 Å². The van der Waals surface area contributed by atoms with Crippen LogP contribution in [0.25, 0.3) is 0 Å². The van der Waals surface area contributed by atoms with Crippen molar-refractivity contribution in [2.24, 2.45) is 17.8 Å². The minimum atomic E-state index is -0.415. The van der Waals surface area contributed by atoms with Crippen molar-refractivity contribution < 1.29 is 18.8 Å². The summed E-state index contributed by atoms with van der Waals surface area (Å²) in [6.45, 7) is 5.78. The second-order valence-electron chi connectivity index (χ2n) is 11.4. The van der Waals surface area contributed by atoms with Crippen LogP contribution in [0.5, 0.6) is 0 Å². The van der Waals surface area contributed by atoms with Gasteiger partial charge in [-0.15, -0.1) is 0 Å². The zero-order chi connectivity index (χ0) is 26.0. The molecule has 0 unspecified atom stereocenters. The molecule has 194 valence electrons. The number of ether oxygens (including phenoxy) is 1. The molecule has 3 aromatic rings. The summed E-state index contributed by atoms with van der Waals surface area (Å²) < 4.78 is 10.8. The van der Waals surface area contributed by atoms with Gasteiger partial charge in [-0.25, -0.2) is 0 Å². The lowest BCUT2D eigenvalue weighted by molar-refractivity contribution is -0.157. The van der Waals surface area contributed by atoms with E-state index in [0.29, 0.717) is 35.6 Å². The third-order valence-corrected chi connectivity index (χ3v) is 7.46. The maximum absolute atomic E-state index is 12.7. The van der Waals surface area contributed by atoms with Gasteiger partial charge in [-0.2, -0.15) is 4.98 Å². The molecule has 2 aliphatic carbocycles. The van der Waals surface area contributed by atoms with Gasteiger partial charge in [0.1, 0.15) is 5.60 Å². The van der Waals surface area contributed by atoms with E-state index in [-0.39, 0.29) is 23.8 Å². The van der Waals surface area contributed by atoms with E-state index >= 15 is 0 Å². The van der Waals surface area contributed by atoms with Gasteiger partial charge in [0, 0.05) is 12.0 Å². The van der Waals surface area contributed by atoms with E-state index in [9.17, 15) is 9.59 Å². The van der Waals surface area contributed by atoms with E-state index in [1.165, 1.54) is 5.56 Å². The predicted molar refractivity (Wildman–Crippen MR) is 140 cm³/mol. The molecule has 1 N–H and O–H groups in total. The van der Waals surface area contributed by atoms with Crippen LogP contribution in [0.1, 0.15) is 86.1 Å². The van der Waals surface area contributed by atoms with E-state index in [1.807, 2.05) is 63.2 Å². The van der Waals surface area contributed by atoms with Gasteiger partial charge in [0.2, 0.25) is 0 Å². The average molecular weight is 502 g/mol. The summed E-state index contributed by atoms with van der Waals surface area (Å²) in [6.07, 6.45) is 6.01. The van der Waals surface area contributed by atoms with Crippen LogP contribution in [0.15, 0.2) is 59.1 Å². The first-order chi connectivity index (χ1) is 17.7. The van der Waals surface area contributed by atoms with Crippen LogP contribution < -0.4 is 5.32 Å². The number of amides is 1. The van der Waals surface area contributed by atoms with Crippen LogP contribution in [-0.2, 0) is 16.0 Å². The van der Waals surface area contributed by atoms with Crippen molar-refractivity contribution in [1.82, 2.24) is 10.1 Å². The molecule has 2 aromatic carbocycles. The van der Waals surface area contributed by atoms with Crippen molar-refractivity contribution in [2.45, 2.75) is 70.8 Å². The molecular weight excluding hydrogens is 466 g/mol. The molecule has 7 nitrogen and oxygen atoms in total. The number of anilines is 1. The summed E-state index contributed by atoms with van der Waals surface area (Å²) in [5.74, 6) is 1.90. The molecule has 5 rings (SSSR count). The molecule has 1 aromatic heterocycles. The second kappa shape index (κ2) is 10.5. The number of hydrogen-bond acceptors (Lipinski definition) is 6. The summed E-state index contributed by atoms with van der Waals surface area (Å²) in [5, 5.41) is 6.66. The van der Waals surface area contributed by atoms with Crippen LogP contribution in [0.2, 0.25) is 0 Å². The fraction of sp³-hybridized carbons (Fsp3) is 0.467.